The van der Waals surface area contributed by atoms with Crippen molar-refractivity contribution in [3.8, 4) is 0 Å². The quantitative estimate of drug-likeness (QED) is 0.604. The second-order valence-corrected chi connectivity index (χ2v) is 2.86. The van der Waals surface area contributed by atoms with E-state index in [1.165, 1.54) is 6.07 Å². The van der Waals surface area contributed by atoms with Crippen molar-refractivity contribution in [3.05, 3.63) is 33.7 Å². The number of aromatic amines is 1. The van der Waals surface area contributed by atoms with Gasteiger partial charge < -0.3 is 15.4 Å². The molecule has 1 aromatic heterocycles. The van der Waals surface area contributed by atoms with Crippen LogP contribution in [-0.4, -0.2) is 29.1 Å². The number of nitrogens with one attached hydrogen (secondary N) is 2. The summed E-state index contributed by atoms with van der Waals surface area (Å²) in [5.74, 6) is -0.472. The van der Waals surface area contributed by atoms with Crippen molar-refractivity contribution >= 4 is 5.91 Å². The molecule has 5 nitrogen and oxygen atoms in total. The Labute approximate surface area is 80.8 Å². The van der Waals surface area contributed by atoms with Gasteiger partial charge in [-0.3, -0.25) is 9.59 Å². The van der Waals surface area contributed by atoms with E-state index >= 15 is 0 Å². The van der Waals surface area contributed by atoms with Gasteiger partial charge in [-0.05, 0) is 19.1 Å². The molecule has 3 N–H and O–H groups in total. The maximum Gasteiger partial charge on any atom is 0.260 e. The number of H-pyrrole nitrogens is 1. The molecule has 1 amide bonds. The smallest absolute Gasteiger partial charge is 0.260 e. The zero-order valence-corrected chi connectivity index (χ0v) is 7.83. The molecule has 76 valence electrons. The van der Waals surface area contributed by atoms with Crippen LogP contribution in [0.1, 0.15) is 16.1 Å². The van der Waals surface area contributed by atoms with Gasteiger partial charge in [0.15, 0.2) is 0 Å². The summed E-state index contributed by atoms with van der Waals surface area (Å²) >= 11 is 0. The van der Waals surface area contributed by atoms with Crippen molar-refractivity contribution in [2.75, 3.05) is 13.2 Å². The molecule has 0 aliphatic heterocycles. The Kier molecular flexibility index (Phi) is 3.41. The van der Waals surface area contributed by atoms with E-state index in [0.29, 0.717) is 5.69 Å². The lowest BCUT2D eigenvalue weighted by atomic mass is 10.2. The zero-order chi connectivity index (χ0) is 10.6. The summed E-state index contributed by atoms with van der Waals surface area (Å²) in [7, 11) is 0. The van der Waals surface area contributed by atoms with Crippen LogP contribution in [-0.2, 0) is 0 Å². The standard InChI is InChI=1S/C9H12N2O3/c1-6-2-3-7(9(14)11-6)8(13)10-4-5-12/h2-3,12H,4-5H2,1H3,(H,10,13)(H,11,14). The van der Waals surface area contributed by atoms with Crippen LogP contribution < -0.4 is 10.9 Å². The van der Waals surface area contributed by atoms with E-state index in [1.807, 2.05) is 0 Å². The van der Waals surface area contributed by atoms with Gasteiger partial charge in [0.05, 0.1) is 6.61 Å². The molecule has 0 bridgehead atoms. The van der Waals surface area contributed by atoms with Crippen LogP contribution in [0.15, 0.2) is 16.9 Å². The highest BCUT2D eigenvalue weighted by Crippen LogP contribution is 1.92. The van der Waals surface area contributed by atoms with Crippen LogP contribution in [0.5, 0.6) is 0 Å². The number of amides is 1. The summed E-state index contributed by atoms with van der Waals surface area (Å²) in [6.07, 6.45) is 0. The minimum Gasteiger partial charge on any atom is -0.395 e. The molecular weight excluding hydrogens is 184 g/mol. The third-order valence-electron chi connectivity index (χ3n) is 1.70. The molecule has 0 spiro atoms. The second kappa shape index (κ2) is 4.57. The largest absolute Gasteiger partial charge is 0.395 e. The van der Waals surface area contributed by atoms with Crippen molar-refractivity contribution in [1.29, 1.82) is 0 Å². The number of rotatable bonds is 3. The molecule has 5 heteroatoms. The molecule has 0 aliphatic carbocycles. The average molecular weight is 196 g/mol. The van der Waals surface area contributed by atoms with E-state index < -0.39 is 11.5 Å². The van der Waals surface area contributed by atoms with Gasteiger partial charge in [-0.1, -0.05) is 0 Å². The van der Waals surface area contributed by atoms with Gasteiger partial charge in [-0.2, -0.15) is 0 Å². The molecule has 1 heterocycles. The number of carbonyl (C=O) groups is 1. The van der Waals surface area contributed by atoms with Crippen LogP contribution in [0.2, 0.25) is 0 Å². The first-order valence-electron chi connectivity index (χ1n) is 4.24. The molecule has 0 saturated heterocycles. The minimum atomic E-state index is -0.472. The predicted octanol–water partition coefficient (Wildman–Crippen LogP) is -0.595. The normalized spacial score (nSPS) is 9.86. The molecule has 0 atom stereocenters. The maximum atomic E-state index is 11.3. The van der Waals surface area contributed by atoms with Crippen LogP contribution in [0.25, 0.3) is 0 Å². The molecule has 14 heavy (non-hydrogen) atoms. The third-order valence-corrected chi connectivity index (χ3v) is 1.70. The van der Waals surface area contributed by atoms with Crippen LogP contribution >= 0.6 is 0 Å². The molecule has 1 aromatic rings. The first kappa shape index (κ1) is 10.5. The highest BCUT2D eigenvalue weighted by Gasteiger charge is 2.08. The van der Waals surface area contributed by atoms with E-state index in [2.05, 4.69) is 10.3 Å². The SMILES string of the molecule is Cc1ccc(C(=O)NCCO)c(=O)[nH]1. The first-order valence-corrected chi connectivity index (χ1v) is 4.24. The van der Waals surface area contributed by atoms with Gasteiger partial charge in [0.2, 0.25) is 0 Å². The van der Waals surface area contributed by atoms with Gasteiger partial charge in [-0.15, -0.1) is 0 Å². The lowest BCUT2D eigenvalue weighted by Gasteiger charge is -2.02. The number of carbonyl (C=O) groups excluding carboxylic acids is 1. The van der Waals surface area contributed by atoms with Crippen molar-refractivity contribution in [3.63, 3.8) is 0 Å². The fourth-order valence-corrected chi connectivity index (χ4v) is 1.02. The molecule has 1 rings (SSSR count). The fourth-order valence-electron chi connectivity index (χ4n) is 1.02. The molecule has 0 aromatic carbocycles. The summed E-state index contributed by atoms with van der Waals surface area (Å²) in [6, 6.07) is 3.11. The monoisotopic (exact) mass is 196 g/mol. The van der Waals surface area contributed by atoms with Crippen molar-refractivity contribution < 1.29 is 9.90 Å². The first-order chi connectivity index (χ1) is 6.65. The van der Waals surface area contributed by atoms with Crippen LogP contribution in [0.3, 0.4) is 0 Å². The Hall–Kier alpha value is -1.62. The molecule has 0 saturated carbocycles. The van der Waals surface area contributed by atoms with E-state index in [1.54, 1.807) is 13.0 Å². The maximum absolute atomic E-state index is 11.3. The van der Waals surface area contributed by atoms with E-state index in [9.17, 15) is 9.59 Å². The van der Waals surface area contributed by atoms with Crippen LogP contribution in [0, 0.1) is 6.92 Å². The number of pyridine rings is 1. The van der Waals surface area contributed by atoms with Gasteiger partial charge >= 0.3 is 0 Å². The topological polar surface area (TPSA) is 82.2 Å². The van der Waals surface area contributed by atoms with E-state index in [4.69, 9.17) is 5.11 Å². The van der Waals surface area contributed by atoms with Crippen molar-refractivity contribution in [2.45, 2.75) is 6.92 Å². The van der Waals surface area contributed by atoms with Gasteiger partial charge in [0.25, 0.3) is 11.5 Å². The zero-order valence-electron chi connectivity index (χ0n) is 7.83. The number of aliphatic hydroxyl groups is 1. The van der Waals surface area contributed by atoms with E-state index in [-0.39, 0.29) is 18.7 Å². The Morgan fingerprint density at radius 1 is 1.57 bits per heavy atom. The number of aliphatic hydroxyl groups excluding tert-OH is 1. The van der Waals surface area contributed by atoms with Gasteiger partial charge in [0.1, 0.15) is 5.56 Å². The number of aryl methyl sites for hydroxylation is 1. The number of aromatic nitrogens is 1. The average Bonchev–Trinajstić information content (AvgIpc) is 2.14. The summed E-state index contributed by atoms with van der Waals surface area (Å²) in [4.78, 5) is 25.1. The molecule has 0 radical (unpaired) electrons. The minimum absolute atomic E-state index is 0.0593. The summed E-state index contributed by atoms with van der Waals surface area (Å²) < 4.78 is 0. The lowest BCUT2D eigenvalue weighted by molar-refractivity contribution is 0.0943. The molecule has 0 fully saturated rings. The lowest BCUT2D eigenvalue weighted by Crippen LogP contribution is -2.31. The number of hydrogen-bond acceptors (Lipinski definition) is 3. The Morgan fingerprint density at radius 3 is 2.86 bits per heavy atom. The Morgan fingerprint density at radius 2 is 2.29 bits per heavy atom. The Bertz CT molecular complexity index is 384. The fraction of sp³-hybridized carbons (Fsp3) is 0.333. The Balaban J connectivity index is 2.85. The van der Waals surface area contributed by atoms with Gasteiger partial charge in [0, 0.05) is 12.2 Å². The molecule has 0 aliphatic rings. The molecule has 0 unspecified atom stereocenters. The second-order valence-electron chi connectivity index (χ2n) is 2.86. The predicted molar refractivity (Wildman–Crippen MR) is 51.2 cm³/mol. The summed E-state index contributed by atoms with van der Waals surface area (Å²) in [6.45, 7) is 1.73. The van der Waals surface area contributed by atoms with Crippen molar-refractivity contribution in [1.82, 2.24) is 10.3 Å². The van der Waals surface area contributed by atoms with Gasteiger partial charge in [-0.25, -0.2) is 0 Å². The van der Waals surface area contributed by atoms with Crippen LogP contribution in [0.4, 0.5) is 0 Å². The summed E-state index contributed by atoms with van der Waals surface area (Å²) in [5.41, 5.74) is 0.346. The number of hydrogen-bond donors (Lipinski definition) is 3. The van der Waals surface area contributed by atoms with E-state index in [0.717, 1.165) is 0 Å². The summed E-state index contributed by atoms with van der Waals surface area (Å²) in [5, 5.41) is 10.9. The highest BCUT2D eigenvalue weighted by atomic mass is 16.3. The molecular formula is C9H12N2O3. The third kappa shape index (κ3) is 2.43. The highest BCUT2D eigenvalue weighted by molar-refractivity contribution is 5.93. The van der Waals surface area contributed by atoms with Crippen molar-refractivity contribution in [2.24, 2.45) is 0 Å².